The van der Waals surface area contributed by atoms with E-state index in [1.807, 2.05) is 27.8 Å². The molecule has 10 heteroatoms. The van der Waals surface area contributed by atoms with Crippen LogP contribution in [0.2, 0.25) is 0 Å². The molecule has 0 aromatic carbocycles. The van der Waals surface area contributed by atoms with Crippen molar-refractivity contribution in [3.63, 3.8) is 0 Å². The summed E-state index contributed by atoms with van der Waals surface area (Å²) >= 11 is 0. The minimum Gasteiger partial charge on any atom is -0.367 e. The minimum absolute atomic E-state index is 0.0149. The number of rotatable bonds is 7. The van der Waals surface area contributed by atoms with Crippen LogP contribution in [0.25, 0.3) is 0 Å². The summed E-state index contributed by atoms with van der Waals surface area (Å²) < 4.78 is 61.0. The van der Waals surface area contributed by atoms with Crippen molar-refractivity contribution in [2.45, 2.75) is 45.6 Å². The Bertz CT molecular complexity index is 699. The lowest BCUT2D eigenvalue weighted by molar-refractivity contribution is -0.168. The molecule has 2 aromatic heterocycles. The maximum atomic E-state index is 12.7. The highest BCUT2D eigenvalue weighted by Gasteiger charge is 2.41. The number of nitrogens with zero attached hydrogens (tertiary/aromatic N) is 4. The molecule has 0 aliphatic heterocycles. The van der Waals surface area contributed by atoms with Gasteiger partial charge in [-0.05, 0) is 20.8 Å². The number of aryl methyl sites for hydroxylation is 2. The molecule has 134 valence electrons. The molecule has 0 unspecified atom stereocenters. The Morgan fingerprint density at radius 3 is 2.50 bits per heavy atom. The molecule has 0 N–H and O–H groups in total. The van der Waals surface area contributed by atoms with Crippen LogP contribution in [0.5, 0.6) is 0 Å². The van der Waals surface area contributed by atoms with Gasteiger partial charge < -0.3 is 9.26 Å². The van der Waals surface area contributed by atoms with E-state index in [4.69, 9.17) is 4.52 Å². The Morgan fingerprint density at radius 1 is 1.29 bits per heavy atom. The fourth-order valence-electron chi connectivity index (χ4n) is 2.38. The summed E-state index contributed by atoms with van der Waals surface area (Å²) in [5.41, 5.74) is 2.68. The zero-order valence-electron chi connectivity index (χ0n) is 13.7. The summed E-state index contributed by atoms with van der Waals surface area (Å²) in [4.78, 5) is 4.07. The third kappa shape index (κ3) is 3.74. The molecule has 0 bridgehead atoms. The zero-order chi connectivity index (χ0) is 18.1. The maximum absolute atomic E-state index is 12.7. The van der Waals surface area contributed by atoms with Gasteiger partial charge in [0.15, 0.2) is 5.82 Å². The molecule has 2 aromatic rings. The van der Waals surface area contributed by atoms with Crippen LogP contribution in [-0.4, -0.2) is 38.9 Å². The van der Waals surface area contributed by atoms with Crippen molar-refractivity contribution in [1.82, 2.24) is 19.9 Å². The standard InChI is InChI=1S/C14H18F4N4O2/c1-7(11-8(2)20-22(4)9(11)3)12-19-10(21-24-12)5-23-6-14(17,18)13(15)16/h7,13H,5-6H2,1-4H3/t7-/m0/s1. The normalized spacial score (nSPS) is 13.7. The van der Waals surface area contributed by atoms with Gasteiger partial charge >= 0.3 is 12.3 Å². The second-order valence-corrected chi connectivity index (χ2v) is 5.53. The van der Waals surface area contributed by atoms with Crippen LogP contribution in [-0.2, 0) is 18.4 Å². The zero-order valence-corrected chi connectivity index (χ0v) is 13.7. The number of ether oxygens (including phenoxy) is 1. The van der Waals surface area contributed by atoms with E-state index < -0.39 is 25.6 Å². The predicted octanol–water partition coefficient (Wildman–Crippen LogP) is 2.99. The summed E-state index contributed by atoms with van der Waals surface area (Å²) in [5.74, 6) is -4.17. The van der Waals surface area contributed by atoms with Gasteiger partial charge in [0.25, 0.3) is 0 Å². The van der Waals surface area contributed by atoms with E-state index in [-0.39, 0.29) is 17.6 Å². The van der Waals surface area contributed by atoms with Gasteiger partial charge in [-0.1, -0.05) is 5.16 Å². The molecular formula is C14H18F4N4O2. The summed E-state index contributed by atoms with van der Waals surface area (Å²) in [6, 6.07) is 0. The number of hydrogen-bond donors (Lipinski definition) is 0. The van der Waals surface area contributed by atoms with E-state index in [0.29, 0.717) is 0 Å². The van der Waals surface area contributed by atoms with Crippen LogP contribution >= 0.6 is 0 Å². The third-order valence-electron chi connectivity index (χ3n) is 3.70. The lowest BCUT2D eigenvalue weighted by Gasteiger charge is -2.14. The fraction of sp³-hybridized carbons (Fsp3) is 0.643. The van der Waals surface area contributed by atoms with Crippen molar-refractivity contribution >= 4 is 0 Å². The second kappa shape index (κ2) is 6.88. The quantitative estimate of drug-likeness (QED) is 0.718. The lowest BCUT2D eigenvalue weighted by atomic mass is 9.99. The Balaban J connectivity index is 2.03. The van der Waals surface area contributed by atoms with Gasteiger partial charge in [0.2, 0.25) is 5.89 Å². The number of hydrogen-bond acceptors (Lipinski definition) is 5. The Kier molecular flexibility index (Phi) is 5.26. The van der Waals surface area contributed by atoms with Crippen molar-refractivity contribution < 1.29 is 26.8 Å². The molecule has 0 saturated heterocycles. The second-order valence-electron chi connectivity index (χ2n) is 5.53. The van der Waals surface area contributed by atoms with Crippen molar-refractivity contribution in [2.24, 2.45) is 7.05 Å². The van der Waals surface area contributed by atoms with Gasteiger partial charge in [-0.25, -0.2) is 8.78 Å². The minimum atomic E-state index is -4.20. The van der Waals surface area contributed by atoms with Crippen molar-refractivity contribution in [1.29, 1.82) is 0 Å². The smallest absolute Gasteiger partial charge is 0.330 e. The van der Waals surface area contributed by atoms with E-state index in [1.165, 1.54) is 0 Å². The first-order valence-electron chi connectivity index (χ1n) is 7.19. The van der Waals surface area contributed by atoms with Gasteiger partial charge in [0.1, 0.15) is 13.2 Å². The Labute approximate surface area is 135 Å². The SMILES string of the molecule is Cc1nn(C)c(C)c1[C@H](C)c1nc(COCC(F)(F)C(F)F)no1. The Morgan fingerprint density at radius 2 is 1.96 bits per heavy atom. The van der Waals surface area contributed by atoms with E-state index in [1.54, 1.807) is 4.68 Å². The third-order valence-corrected chi connectivity index (χ3v) is 3.70. The van der Waals surface area contributed by atoms with Crippen LogP contribution in [0.4, 0.5) is 17.6 Å². The molecule has 1 atom stereocenters. The van der Waals surface area contributed by atoms with E-state index in [2.05, 4.69) is 20.0 Å². The predicted molar refractivity (Wildman–Crippen MR) is 75.1 cm³/mol. The molecule has 0 radical (unpaired) electrons. The monoisotopic (exact) mass is 350 g/mol. The van der Waals surface area contributed by atoms with Crippen LogP contribution in [0, 0.1) is 13.8 Å². The van der Waals surface area contributed by atoms with Crippen LogP contribution in [0.15, 0.2) is 4.52 Å². The first-order chi connectivity index (χ1) is 11.1. The number of alkyl halides is 4. The van der Waals surface area contributed by atoms with Gasteiger partial charge in [-0.15, -0.1) is 0 Å². The largest absolute Gasteiger partial charge is 0.367 e. The van der Waals surface area contributed by atoms with Crippen LogP contribution in [0.3, 0.4) is 0 Å². The van der Waals surface area contributed by atoms with Crippen molar-refractivity contribution in [3.8, 4) is 0 Å². The van der Waals surface area contributed by atoms with E-state index in [9.17, 15) is 17.6 Å². The van der Waals surface area contributed by atoms with Crippen LogP contribution < -0.4 is 0 Å². The lowest BCUT2D eigenvalue weighted by Crippen LogP contribution is -2.32. The average Bonchev–Trinajstić information content (AvgIpc) is 3.04. The van der Waals surface area contributed by atoms with Gasteiger partial charge in [0, 0.05) is 18.3 Å². The molecular weight excluding hydrogens is 332 g/mol. The number of aromatic nitrogens is 4. The Hall–Kier alpha value is -1.97. The number of halogens is 4. The molecule has 0 aliphatic rings. The van der Waals surface area contributed by atoms with Crippen molar-refractivity contribution in [2.75, 3.05) is 6.61 Å². The molecule has 0 aliphatic carbocycles. The highest BCUT2D eigenvalue weighted by atomic mass is 19.3. The highest BCUT2D eigenvalue weighted by Crippen LogP contribution is 2.28. The van der Waals surface area contributed by atoms with Gasteiger partial charge in [0.05, 0.1) is 11.6 Å². The maximum Gasteiger partial charge on any atom is 0.330 e. The highest BCUT2D eigenvalue weighted by molar-refractivity contribution is 5.31. The molecule has 6 nitrogen and oxygen atoms in total. The molecule has 0 fully saturated rings. The van der Waals surface area contributed by atoms with E-state index >= 15 is 0 Å². The summed E-state index contributed by atoms with van der Waals surface area (Å²) in [6.07, 6.45) is -3.78. The molecule has 0 amide bonds. The molecule has 2 rings (SSSR count). The molecule has 0 spiro atoms. The van der Waals surface area contributed by atoms with Gasteiger partial charge in [-0.2, -0.15) is 18.9 Å². The topological polar surface area (TPSA) is 66.0 Å². The molecule has 2 heterocycles. The molecule has 0 saturated carbocycles. The first kappa shape index (κ1) is 18.4. The van der Waals surface area contributed by atoms with Crippen LogP contribution in [0.1, 0.15) is 41.5 Å². The summed E-state index contributed by atoms with van der Waals surface area (Å²) in [5, 5.41) is 7.93. The average molecular weight is 350 g/mol. The summed E-state index contributed by atoms with van der Waals surface area (Å²) in [6.45, 7) is 3.75. The van der Waals surface area contributed by atoms with Crippen molar-refractivity contribution in [3.05, 3.63) is 28.7 Å². The fourth-order valence-corrected chi connectivity index (χ4v) is 2.38. The molecule has 24 heavy (non-hydrogen) atoms. The van der Waals surface area contributed by atoms with E-state index in [0.717, 1.165) is 17.0 Å². The summed E-state index contributed by atoms with van der Waals surface area (Å²) in [7, 11) is 1.81. The van der Waals surface area contributed by atoms with Gasteiger partial charge in [-0.3, -0.25) is 4.68 Å². The first-order valence-corrected chi connectivity index (χ1v) is 7.19.